The molecule has 0 spiro atoms. The van der Waals surface area contributed by atoms with Crippen molar-refractivity contribution in [2.45, 2.75) is 45.7 Å². The number of hydrogen-bond donors (Lipinski definition) is 0. The highest BCUT2D eigenvalue weighted by molar-refractivity contribution is 6.30. The molecule has 0 bridgehead atoms. The summed E-state index contributed by atoms with van der Waals surface area (Å²) in [7, 11) is 1.90. The van der Waals surface area contributed by atoms with Crippen molar-refractivity contribution in [1.82, 2.24) is 14.7 Å². The van der Waals surface area contributed by atoms with E-state index in [1.54, 1.807) is 4.68 Å². The topological polar surface area (TPSA) is 21.1 Å². The summed E-state index contributed by atoms with van der Waals surface area (Å²) in [6.45, 7) is 6.46. The minimum Gasteiger partial charge on any atom is -0.296 e. The molecule has 0 aliphatic carbocycles. The lowest BCUT2D eigenvalue weighted by Crippen LogP contribution is -2.28. The van der Waals surface area contributed by atoms with Crippen LogP contribution >= 0.6 is 11.6 Å². The van der Waals surface area contributed by atoms with E-state index in [1.165, 1.54) is 31.4 Å². The second kappa shape index (κ2) is 4.76. The van der Waals surface area contributed by atoms with Crippen LogP contribution in [-0.2, 0) is 13.6 Å². The molecule has 2 rings (SSSR count). The van der Waals surface area contributed by atoms with Gasteiger partial charge in [0, 0.05) is 25.2 Å². The van der Waals surface area contributed by atoms with Gasteiger partial charge in [0.15, 0.2) is 0 Å². The molecule has 1 unspecified atom stereocenters. The molecule has 90 valence electrons. The summed E-state index contributed by atoms with van der Waals surface area (Å²) in [6.07, 6.45) is 3.87. The molecule has 1 aromatic rings. The van der Waals surface area contributed by atoms with Crippen LogP contribution < -0.4 is 0 Å². The van der Waals surface area contributed by atoms with Gasteiger partial charge in [-0.05, 0) is 32.7 Å². The number of hydrogen-bond acceptors (Lipinski definition) is 2. The van der Waals surface area contributed by atoms with Crippen molar-refractivity contribution in [3.8, 4) is 0 Å². The van der Waals surface area contributed by atoms with Gasteiger partial charge in [-0.25, -0.2) is 0 Å². The van der Waals surface area contributed by atoms with Gasteiger partial charge in [0.05, 0.1) is 5.69 Å². The molecule has 1 aromatic heterocycles. The van der Waals surface area contributed by atoms with Gasteiger partial charge in [-0.1, -0.05) is 18.5 Å². The Labute approximate surface area is 102 Å². The fraction of sp³-hybridized carbons (Fsp3) is 0.750. The van der Waals surface area contributed by atoms with Crippen molar-refractivity contribution in [2.75, 3.05) is 6.54 Å². The van der Waals surface area contributed by atoms with Crippen LogP contribution in [0.1, 0.15) is 37.4 Å². The molecule has 3 nitrogen and oxygen atoms in total. The summed E-state index contributed by atoms with van der Waals surface area (Å²) in [5.41, 5.74) is 2.26. The van der Waals surface area contributed by atoms with Crippen molar-refractivity contribution in [3.63, 3.8) is 0 Å². The van der Waals surface area contributed by atoms with E-state index in [4.69, 9.17) is 11.6 Å². The number of halogens is 1. The van der Waals surface area contributed by atoms with E-state index in [0.29, 0.717) is 0 Å². The van der Waals surface area contributed by atoms with Gasteiger partial charge in [0.25, 0.3) is 0 Å². The third-order valence-corrected chi connectivity index (χ3v) is 4.07. The first-order valence-corrected chi connectivity index (χ1v) is 6.43. The van der Waals surface area contributed by atoms with Crippen LogP contribution in [0, 0.1) is 6.92 Å². The predicted molar refractivity (Wildman–Crippen MR) is 66.7 cm³/mol. The van der Waals surface area contributed by atoms with E-state index in [-0.39, 0.29) is 0 Å². The number of aryl methyl sites for hydroxylation is 2. The lowest BCUT2D eigenvalue weighted by atomic mass is 10.1. The molecule has 4 heteroatoms. The lowest BCUT2D eigenvalue weighted by Gasteiger charge is -2.23. The Morgan fingerprint density at radius 1 is 1.50 bits per heavy atom. The van der Waals surface area contributed by atoms with Gasteiger partial charge >= 0.3 is 0 Å². The van der Waals surface area contributed by atoms with Crippen LogP contribution in [0.2, 0.25) is 5.15 Å². The van der Waals surface area contributed by atoms with Crippen LogP contribution in [-0.4, -0.2) is 27.3 Å². The Morgan fingerprint density at radius 2 is 2.25 bits per heavy atom. The van der Waals surface area contributed by atoms with Gasteiger partial charge in [-0.3, -0.25) is 9.58 Å². The van der Waals surface area contributed by atoms with Crippen molar-refractivity contribution in [2.24, 2.45) is 7.05 Å². The zero-order chi connectivity index (χ0) is 11.7. The van der Waals surface area contributed by atoms with Gasteiger partial charge in [0.1, 0.15) is 5.15 Å². The molecule has 1 fully saturated rings. The van der Waals surface area contributed by atoms with Gasteiger partial charge in [0.2, 0.25) is 0 Å². The maximum atomic E-state index is 6.26. The fourth-order valence-corrected chi connectivity index (χ4v) is 2.86. The first-order chi connectivity index (χ1) is 7.63. The minimum absolute atomic E-state index is 0.732. The van der Waals surface area contributed by atoms with E-state index in [1.807, 2.05) is 14.0 Å². The summed E-state index contributed by atoms with van der Waals surface area (Å²) in [5.74, 6) is 0. The Kier molecular flexibility index (Phi) is 3.55. The Bertz CT molecular complexity index is 373. The first-order valence-electron chi connectivity index (χ1n) is 6.05. The normalized spacial score (nSPS) is 21.9. The molecule has 0 radical (unpaired) electrons. The fourth-order valence-electron chi connectivity index (χ4n) is 2.62. The van der Waals surface area contributed by atoms with E-state index < -0.39 is 0 Å². The zero-order valence-electron chi connectivity index (χ0n) is 10.3. The van der Waals surface area contributed by atoms with Gasteiger partial charge in [-0.15, -0.1) is 0 Å². The van der Waals surface area contributed by atoms with Crippen molar-refractivity contribution in [1.29, 1.82) is 0 Å². The Balaban J connectivity index is 2.14. The zero-order valence-corrected chi connectivity index (χ0v) is 11.1. The average Bonchev–Trinajstić information content (AvgIpc) is 2.79. The number of nitrogens with zero attached hydrogens (tertiary/aromatic N) is 3. The minimum atomic E-state index is 0.732. The number of likely N-dealkylation sites (tertiary alicyclic amines) is 1. The molecule has 2 heterocycles. The Morgan fingerprint density at radius 3 is 2.81 bits per heavy atom. The van der Waals surface area contributed by atoms with E-state index in [9.17, 15) is 0 Å². The highest BCUT2D eigenvalue weighted by atomic mass is 35.5. The lowest BCUT2D eigenvalue weighted by molar-refractivity contribution is 0.239. The second-order valence-electron chi connectivity index (χ2n) is 4.65. The number of rotatable bonds is 3. The maximum absolute atomic E-state index is 6.26. The summed E-state index contributed by atoms with van der Waals surface area (Å²) in [4.78, 5) is 2.54. The molecule has 16 heavy (non-hydrogen) atoms. The molecular weight excluding hydrogens is 222 g/mol. The third kappa shape index (κ3) is 2.11. The molecule has 0 saturated carbocycles. The molecular formula is C12H20ClN3. The molecule has 0 amide bonds. The monoisotopic (exact) mass is 241 g/mol. The highest BCUT2D eigenvalue weighted by Crippen LogP contribution is 2.26. The molecule has 0 aromatic carbocycles. The van der Waals surface area contributed by atoms with Gasteiger partial charge < -0.3 is 0 Å². The second-order valence-corrected chi connectivity index (χ2v) is 5.01. The standard InChI is InChI=1S/C12H20ClN3/c1-4-10-6-5-7-16(10)8-11-9(2)14-15(3)12(11)13/h10H,4-8H2,1-3H3. The number of aromatic nitrogens is 2. The van der Waals surface area contributed by atoms with Crippen LogP contribution in [0.4, 0.5) is 0 Å². The van der Waals surface area contributed by atoms with Crippen LogP contribution in [0.3, 0.4) is 0 Å². The molecule has 0 N–H and O–H groups in total. The SMILES string of the molecule is CCC1CCCN1Cc1c(C)nn(C)c1Cl. The van der Waals surface area contributed by atoms with Gasteiger partial charge in [-0.2, -0.15) is 5.10 Å². The molecule has 1 saturated heterocycles. The highest BCUT2D eigenvalue weighted by Gasteiger charge is 2.25. The van der Waals surface area contributed by atoms with Crippen molar-refractivity contribution in [3.05, 3.63) is 16.4 Å². The van der Waals surface area contributed by atoms with Crippen molar-refractivity contribution < 1.29 is 0 Å². The largest absolute Gasteiger partial charge is 0.296 e. The van der Waals surface area contributed by atoms with Crippen LogP contribution in [0.5, 0.6) is 0 Å². The Hall–Kier alpha value is -0.540. The maximum Gasteiger partial charge on any atom is 0.131 e. The van der Waals surface area contributed by atoms with Crippen LogP contribution in [0.25, 0.3) is 0 Å². The first kappa shape index (κ1) is 11.9. The van der Waals surface area contributed by atoms with Crippen LogP contribution in [0.15, 0.2) is 0 Å². The quantitative estimate of drug-likeness (QED) is 0.812. The summed E-state index contributed by atoms with van der Waals surface area (Å²) < 4.78 is 1.77. The summed E-state index contributed by atoms with van der Waals surface area (Å²) in [6, 6.07) is 0.732. The predicted octanol–water partition coefficient (Wildman–Crippen LogP) is 2.76. The van der Waals surface area contributed by atoms with E-state index >= 15 is 0 Å². The molecule has 1 aliphatic heterocycles. The van der Waals surface area contributed by atoms with E-state index in [2.05, 4.69) is 16.9 Å². The molecule has 1 aliphatic rings. The smallest absolute Gasteiger partial charge is 0.131 e. The summed E-state index contributed by atoms with van der Waals surface area (Å²) >= 11 is 6.26. The third-order valence-electron chi connectivity index (χ3n) is 3.60. The van der Waals surface area contributed by atoms with E-state index in [0.717, 1.165) is 23.4 Å². The molecule has 1 atom stereocenters. The summed E-state index contributed by atoms with van der Waals surface area (Å²) in [5, 5.41) is 5.15. The average molecular weight is 242 g/mol. The van der Waals surface area contributed by atoms with Crippen molar-refractivity contribution >= 4 is 11.6 Å².